The highest BCUT2D eigenvalue weighted by molar-refractivity contribution is 7.88. The van der Waals surface area contributed by atoms with Crippen LogP contribution in [0.1, 0.15) is 20.3 Å². The second-order valence-corrected chi connectivity index (χ2v) is 6.83. The van der Waals surface area contributed by atoms with Crippen LogP contribution in [0.25, 0.3) is 0 Å². The first kappa shape index (κ1) is 15.9. The summed E-state index contributed by atoms with van der Waals surface area (Å²) in [5.74, 6) is -0.552. The van der Waals surface area contributed by atoms with Gasteiger partial charge < -0.3 is 10.2 Å². The van der Waals surface area contributed by atoms with Crippen molar-refractivity contribution in [2.75, 3.05) is 25.9 Å². The van der Waals surface area contributed by atoms with E-state index in [4.69, 9.17) is 0 Å². The molecule has 7 nitrogen and oxygen atoms in total. The van der Waals surface area contributed by atoms with Gasteiger partial charge in [-0.05, 0) is 13.8 Å². The minimum Gasteiger partial charge on any atom is -0.354 e. The summed E-state index contributed by atoms with van der Waals surface area (Å²) >= 11 is 0. The highest BCUT2D eigenvalue weighted by Gasteiger charge is 2.35. The number of amides is 2. The van der Waals surface area contributed by atoms with Crippen LogP contribution in [0.3, 0.4) is 0 Å². The molecule has 1 heterocycles. The average molecular weight is 291 g/mol. The Morgan fingerprint density at radius 3 is 2.53 bits per heavy atom. The van der Waals surface area contributed by atoms with E-state index >= 15 is 0 Å². The fourth-order valence-corrected chi connectivity index (χ4v) is 2.45. The summed E-state index contributed by atoms with van der Waals surface area (Å²) in [5, 5.41) is 2.63. The number of hydrogen-bond donors (Lipinski definition) is 2. The van der Waals surface area contributed by atoms with Gasteiger partial charge >= 0.3 is 0 Å². The molecule has 1 aliphatic heterocycles. The average Bonchev–Trinajstić information content (AvgIpc) is 2.65. The molecule has 0 bridgehead atoms. The molecule has 0 saturated carbocycles. The predicted octanol–water partition coefficient (Wildman–Crippen LogP) is -1.09. The molecular weight excluding hydrogens is 270 g/mol. The second-order valence-electron chi connectivity index (χ2n) is 5.00. The zero-order valence-corrected chi connectivity index (χ0v) is 12.3. The van der Waals surface area contributed by atoms with E-state index in [-0.39, 0.29) is 43.3 Å². The topological polar surface area (TPSA) is 95.6 Å². The zero-order chi connectivity index (χ0) is 14.6. The molecule has 1 atom stereocenters. The predicted molar refractivity (Wildman–Crippen MR) is 70.8 cm³/mol. The molecule has 0 aromatic heterocycles. The maximum absolute atomic E-state index is 11.8. The van der Waals surface area contributed by atoms with Crippen LogP contribution >= 0.6 is 0 Å². The molecule has 1 aliphatic rings. The van der Waals surface area contributed by atoms with E-state index in [0.29, 0.717) is 6.54 Å². The Hall–Kier alpha value is -1.15. The van der Waals surface area contributed by atoms with Crippen LogP contribution in [0.15, 0.2) is 0 Å². The Bertz CT molecular complexity index is 447. The van der Waals surface area contributed by atoms with E-state index < -0.39 is 10.0 Å². The molecule has 0 aliphatic carbocycles. The van der Waals surface area contributed by atoms with Crippen LogP contribution in [0.2, 0.25) is 0 Å². The highest BCUT2D eigenvalue weighted by Crippen LogP contribution is 2.19. The van der Waals surface area contributed by atoms with E-state index in [1.165, 1.54) is 0 Å². The minimum atomic E-state index is -3.23. The second kappa shape index (κ2) is 6.33. The molecule has 110 valence electrons. The van der Waals surface area contributed by atoms with Gasteiger partial charge in [-0.15, -0.1) is 0 Å². The molecule has 0 aromatic carbocycles. The Labute approximate surface area is 113 Å². The fourth-order valence-electron chi connectivity index (χ4n) is 1.97. The van der Waals surface area contributed by atoms with Crippen molar-refractivity contribution in [1.82, 2.24) is 14.9 Å². The van der Waals surface area contributed by atoms with Crippen molar-refractivity contribution in [3.05, 3.63) is 0 Å². The molecular formula is C11H21N3O4S. The lowest BCUT2D eigenvalue weighted by molar-refractivity contribution is -0.129. The van der Waals surface area contributed by atoms with Crippen LogP contribution in [-0.4, -0.2) is 57.1 Å². The number of likely N-dealkylation sites (tertiary alicyclic amines) is 1. The number of rotatable bonds is 6. The first-order chi connectivity index (χ1) is 8.70. The molecule has 2 N–H and O–H groups in total. The fraction of sp³-hybridized carbons (Fsp3) is 0.818. The number of nitrogens with zero attached hydrogens (tertiary/aromatic N) is 1. The van der Waals surface area contributed by atoms with Crippen LogP contribution in [0, 0.1) is 5.92 Å². The summed E-state index contributed by atoms with van der Waals surface area (Å²) in [4.78, 5) is 25.1. The van der Waals surface area contributed by atoms with Crippen molar-refractivity contribution in [2.24, 2.45) is 5.92 Å². The van der Waals surface area contributed by atoms with Gasteiger partial charge in [0.2, 0.25) is 21.8 Å². The standard InChI is InChI=1S/C11H21N3O4S/c1-8(2)14-7-9(6-10(14)15)11(16)12-4-5-13-19(3,17)18/h8-9,13H,4-7H2,1-3H3,(H,12,16). The maximum atomic E-state index is 11.8. The van der Waals surface area contributed by atoms with Gasteiger partial charge in [0, 0.05) is 32.1 Å². The summed E-state index contributed by atoms with van der Waals surface area (Å²) in [6.45, 7) is 4.63. The van der Waals surface area contributed by atoms with Gasteiger partial charge in [-0.3, -0.25) is 9.59 Å². The van der Waals surface area contributed by atoms with Gasteiger partial charge in [-0.25, -0.2) is 13.1 Å². The largest absolute Gasteiger partial charge is 0.354 e. The Morgan fingerprint density at radius 2 is 2.05 bits per heavy atom. The minimum absolute atomic E-state index is 0.00980. The van der Waals surface area contributed by atoms with Crippen molar-refractivity contribution >= 4 is 21.8 Å². The molecule has 8 heteroatoms. The monoisotopic (exact) mass is 291 g/mol. The summed E-state index contributed by atoms with van der Waals surface area (Å²) in [7, 11) is -3.23. The summed E-state index contributed by atoms with van der Waals surface area (Å²) in [6.07, 6.45) is 1.29. The molecule has 1 saturated heterocycles. The molecule has 0 radical (unpaired) electrons. The Balaban J connectivity index is 2.34. The Kier molecular flexibility index (Phi) is 5.30. The van der Waals surface area contributed by atoms with Gasteiger partial charge in [0.25, 0.3) is 0 Å². The molecule has 19 heavy (non-hydrogen) atoms. The van der Waals surface area contributed by atoms with Crippen molar-refractivity contribution in [2.45, 2.75) is 26.3 Å². The first-order valence-corrected chi connectivity index (χ1v) is 8.11. The number of nitrogens with one attached hydrogen (secondary N) is 2. The number of sulfonamides is 1. The smallest absolute Gasteiger partial charge is 0.225 e. The van der Waals surface area contributed by atoms with Gasteiger partial charge in [-0.2, -0.15) is 0 Å². The van der Waals surface area contributed by atoms with E-state index in [1.807, 2.05) is 13.8 Å². The normalized spacial score (nSPS) is 20.1. The molecule has 1 rings (SSSR count). The van der Waals surface area contributed by atoms with E-state index in [1.54, 1.807) is 4.90 Å². The first-order valence-electron chi connectivity index (χ1n) is 6.22. The number of hydrogen-bond acceptors (Lipinski definition) is 4. The van der Waals surface area contributed by atoms with Gasteiger partial charge in [0.15, 0.2) is 0 Å². The zero-order valence-electron chi connectivity index (χ0n) is 11.5. The lowest BCUT2D eigenvalue weighted by Crippen LogP contribution is -2.38. The van der Waals surface area contributed by atoms with Gasteiger partial charge in [0.1, 0.15) is 0 Å². The summed E-state index contributed by atoms with van der Waals surface area (Å²) < 4.78 is 23.9. The molecule has 2 amide bonds. The quantitative estimate of drug-likeness (QED) is 0.608. The lowest BCUT2D eigenvalue weighted by Gasteiger charge is -2.20. The van der Waals surface area contributed by atoms with Crippen molar-refractivity contribution in [1.29, 1.82) is 0 Å². The maximum Gasteiger partial charge on any atom is 0.225 e. The van der Waals surface area contributed by atoms with Crippen LogP contribution in [0.5, 0.6) is 0 Å². The van der Waals surface area contributed by atoms with Crippen LogP contribution in [-0.2, 0) is 19.6 Å². The van der Waals surface area contributed by atoms with Crippen molar-refractivity contribution in [3.8, 4) is 0 Å². The highest BCUT2D eigenvalue weighted by atomic mass is 32.2. The van der Waals surface area contributed by atoms with Crippen molar-refractivity contribution < 1.29 is 18.0 Å². The number of carbonyl (C=O) groups excluding carboxylic acids is 2. The SMILES string of the molecule is CC(C)N1CC(C(=O)NCCNS(C)(=O)=O)CC1=O. The van der Waals surface area contributed by atoms with E-state index in [0.717, 1.165) is 6.26 Å². The molecule has 1 unspecified atom stereocenters. The molecule has 1 fully saturated rings. The van der Waals surface area contributed by atoms with Gasteiger partial charge in [0.05, 0.1) is 12.2 Å². The Morgan fingerprint density at radius 1 is 1.42 bits per heavy atom. The third-order valence-electron chi connectivity index (χ3n) is 2.94. The van der Waals surface area contributed by atoms with E-state index in [2.05, 4.69) is 10.0 Å². The van der Waals surface area contributed by atoms with Crippen LogP contribution < -0.4 is 10.0 Å². The van der Waals surface area contributed by atoms with Gasteiger partial charge in [-0.1, -0.05) is 0 Å². The number of carbonyl (C=O) groups is 2. The third kappa shape index (κ3) is 5.15. The summed E-state index contributed by atoms with van der Waals surface area (Å²) in [6, 6.07) is 0.0946. The third-order valence-corrected chi connectivity index (χ3v) is 3.67. The molecule has 0 spiro atoms. The molecule has 0 aromatic rings. The summed E-state index contributed by atoms with van der Waals surface area (Å²) in [5.41, 5.74) is 0. The van der Waals surface area contributed by atoms with Crippen LogP contribution in [0.4, 0.5) is 0 Å². The van der Waals surface area contributed by atoms with E-state index in [9.17, 15) is 18.0 Å². The van der Waals surface area contributed by atoms with Crippen molar-refractivity contribution in [3.63, 3.8) is 0 Å². The lowest BCUT2D eigenvalue weighted by atomic mass is 10.1.